The highest BCUT2D eigenvalue weighted by molar-refractivity contribution is 4.53. The van der Waals surface area contributed by atoms with Crippen LogP contribution in [-0.4, -0.2) is 22.9 Å². The zero-order valence-corrected chi connectivity index (χ0v) is 6.17. The van der Waals surface area contributed by atoms with E-state index in [9.17, 15) is 0 Å². The van der Waals surface area contributed by atoms with Crippen molar-refractivity contribution in [2.45, 2.75) is 32.8 Å². The van der Waals surface area contributed by atoms with Crippen molar-refractivity contribution in [2.75, 3.05) is 6.61 Å². The minimum atomic E-state index is -0.223. The molecule has 0 heterocycles. The van der Waals surface area contributed by atoms with Gasteiger partial charge in [-0.05, 0) is 25.7 Å². The largest absolute Gasteiger partial charge is 0.396 e. The highest BCUT2D eigenvalue weighted by Crippen LogP contribution is 2.05. The number of hydrogen-bond donors (Lipinski definition) is 2. The lowest BCUT2D eigenvalue weighted by atomic mass is 10.0. The first-order valence-electron chi connectivity index (χ1n) is 3.45. The summed E-state index contributed by atoms with van der Waals surface area (Å²) >= 11 is 0. The lowest BCUT2D eigenvalue weighted by molar-refractivity contribution is 0.160. The Hall–Kier alpha value is -0.0800. The average molecular weight is 132 g/mol. The first-order chi connectivity index (χ1) is 4.16. The second-order valence-corrected chi connectivity index (χ2v) is 2.71. The highest BCUT2D eigenvalue weighted by Gasteiger charge is 2.01. The quantitative estimate of drug-likeness (QED) is 0.593. The molecule has 0 radical (unpaired) electrons. The Bertz CT molecular complexity index is 61.9. The lowest BCUT2D eigenvalue weighted by Crippen LogP contribution is -2.06. The van der Waals surface area contributed by atoms with Crippen LogP contribution in [0.1, 0.15) is 26.7 Å². The molecule has 0 fully saturated rings. The van der Waals surface area contributed by atoms with Gasteiger partial charge in [0.05, 0.1) is 6.10 Å². The molecule has 2 N–H and O–H groups in total. The van der Waals surface area contributed by atoms with Crippen molar-refractivity contribution in [1.82, 2.24) is 0 Å². The lowest BCUT2D eigenvalue weighted by Gasteiger charge is -2.07. The first kappa shape index (κ1) is 8.92. The molecule has 2 atom stereocenters. The van der Waals surface area contributed by atoms with E-state index in [1.165, 1.54) is 0 Å². The van der Waals surface area contributed by atoms with Crippen LogP contribution in [0, 0.1) is 5.92 Å². The van der Waals surface area contributed by atoms with Crippen molar-refractivity contribution in [3.63, 3.8) is 0 Å². The van der Waals surface area contributed by atoms with E-state index in [-0.39, 0.29) is 12.7 Å². The van der Waals surface area contributed by atoms with Gasteiger partial charge in [0.25, 0.3) is 0 Å². The maximum absolute atomic E-state index is 8.82. The predicted octanol–water partition coefficient (Wildman–Crippen LogP) is 0.776. The Kier molecular flexibility index (Phi) is 4.72. The molecule has 0 saturated carbocycles. The monoisotopic (exact) mass is 132 g/mol. The zero-order valence-electron chi connectivity index (χ0n) is 6.17. The zero-order chi connectivity index (χ0) is 7.28. The van der Waals surface area contributed by atoms with E-state index in [1.54, 1.807) is 6.92 Å². The Morgan fingerprint density at radius 3 is 2.11 bits per heavy atom. The summed E-state index contributed by atoms with van der Waals surface area (Å²) in [5, 5.41) is 17.4. The fraction of sp³-hybridized carbons (Fsp3) is 1.00. The number of hydrogen-bond acceptors (Lipinski definition) is 2. The van der Waals surface area contributed by atoms with Gasteiger partial charge in [-0.2, -0.15) is 0 Å². The number of aliphatic hydroxyl groups excluding tert-OH is 2. The predicted molar refractivity (Wildman–Crippen MR) is 37.2 cm³/mol. The third-order valence-electron chi connectivity index (χ3n) is 1.39. The van der Waals surface area contributed by atoms with Crippen LogP contribution in [0.3, 0.4) is 0 Å². The standard InChI is InChI=1S/C7H16O2/c1-6(5-8)3-4-7(2)9/h6-9H,3-5H2,1-2H3/t6-,7-/m1/s1. The molecule has 0 spiro atoms. The van der Waals surface area contributed by atoms with Crippen molar-refractivity contribution in [1.29, 1.82) is 0 Å². The summed E-state index contributed by atoms with van der Waals surface area (Å²) in [4.78, 5) is 0. The SMILES string of the molecule is C[C@@H](CO)CC[C@@H](C)O. The van der Waals surface area contributed by atoms with Crippen LogP contribution in [0.15, 0.2) is 0 Å². The third-order valence-corrected chi connectivity index (χ3v) is 1.39. The van der Waals surface area contributed by atoms with Gasteiger partial charge in [-0.15, -0.1) is 0 Å². The van der Waals surface area contributed by atoms with Crippen molar-refractivity contribution >= 4 is 0 Å². The normalized spacial score (nSPS) is 17.3. The Balaban J connectivity index is 3.06. The summed E-state index contributed by atoms with van der Waals surface area (Å²) in [5.74, 6) is 0.333. The summed E-state index contributed by atoms with van der Waals surface area (Å²) in [7, 11) is 0. The van der Waals surface area contributed by atoms with Crippen LogP contribution in [0.25, 0.3) is 0 Å². The van der Waals surface area contributed by atoms with Crippen molar-refractivity contribution < 1.29 is 10.2 Å². The molecule has 0 aromatic heterocycles. The van der Waals surface area contributed by atoms with Gasteiger partial charge in [0.2, 0.25) is 0 Å². The fourth-order valence-electron chi connectivity index (χ4n) is 0.617. The summed E-state index contributed by atoms with van der Waals surface area (Å²) in [5.41, 5.74) is 0. The highest BCUT2D eigenvalue weighted by atomic mass is 16.3. The van der Waals surface area contributed by atoms with Gasteiger partial charge < -0.3 is 10.2 Å². The van der Waals surface area contributed by atoms with Crippen molar-refractivity contribution in [3.05, 3.63) is 0 Å². The Morgan fingerprint density at radius 2 is 1.78 bits per heavy atom. The van der Waals surface area contributed by atoms with Gasteiger partial charge >= 0.3 is 0 Å². The molecule has 2 nitrogen and oxygen atoms in total. The molecule has 0 aliphatic carbocycles. The molecule has 0 aliphatic rings. The smallest absolute Gasteiger partial charge is 0.0512 e. The van der Waals surface area contributed by atoms with Gasteiger partial charge in [-0.1, -0.05) is 6.92 Å². The van der Waals surface area contributed by atoms with Gasteiger partial charge in [0.1, 0.15) is 0 Å². The Labute approximate surface area is 56.5 Å². The number of aliphatic hydroxyl groups is 2. The molecule has 0 aromatic rings. The minimum absolute atomic E-state index is 0.223. The summed E-state index contributed by atoms with van der Waals surface area (Å²) in [6.07, 6.45) is 1.48. The maximum Gasteiger partial charge on any atom is 0.0512 e. The van der Waals surface area contributed by atoms with E-state index >= 15 is 0 Å². The molecule has 0 aromatic carbocycles. The molecule has 0 saturated heterocycles. The average Bonchev–Trinajstić information content (AvgIpc) is 1.83. The summed E-state index contributed by atoms with van der Waals surface area (Å²) in [6.45, 7) is 3.97. The molecule has 56 valence electrons. The van der Waals surface area contributed by atoms with E-state index in [4.69, 9.17) is 10.2 Å². The van der Waals surface area contributed by atoms with Gasteiger partial charge in [0.15, 0.2) is 0 Å². The van der Waals surface area contributed by atoms with Crippen LogP contribution in [0.4, 0.5) is 0 Å². The van der Waals surface area contributed by atoms with E-state index in [0.717, 1.165) is 12.8 Å². The Morgan fingerprint density at radius 1 is 1.22 bits per heavy atom. The molecule has 0 unspecified atom stereocenters. The molecule has 2 heteroatoms. The third kappa shape index (κ3) is 5.80. The minimum Gasteiger partial charge on any atom is -0.396 e. The second kappa shape index (κ2) is 4.77. The molecule has 0 amide bonds. The second-order valence-electron chi connectivity index (χ2n) is 2.71. The molecular formula is C7H16O2. The molecule has 0 aliphatic heterocycles. The van der Waals surface area contributed by atoms with E-state index in [0.29, 0.717) is 5.92 Å². The van der Waals surface area contributed by atoms with Gasteiger partial charge in [-0.25, -0.2) is 0 Å². The fourth-order valence-corrected chi connectivity index (χ4v) is 0.617. The van der Waals surface area contributed by atoms with E-state index < -0.39 is 0 Å². The van der Waals surface area contributed by atoms with Gasteiger partial charge in [-0.3, -0.25) is 0 Å². The topological polar surface area (TPSA) is 40.5 Å². The van der Waals surface area contributed by atoms with Gasteiger partial charge in [0, 0.05) is 6.61 Å². The van der Waals surface area contributed by atoms with Crippen LogP contribution < -0.4 is 0 Å². The van der Waals surface area contributed by atoms with E-state index in [2.05, 4.69) is 0 Å². The van der Waals surface area contributed by atoms with E-state index in [1.807, 2.05) is 6.92 Å². The molecular weight excluding hydrogens is 116 g/mol. The molecule has 0 bridgehead atoms. The first-order valence-corrected chi connectivity index (χ1v) is 3.45. The summed E-state index contributed by atoms with van der Waals surface area (Å²) < 4.78 is 0. The van der Waals surface area contributed by atoms with Crippen LogP contribution in [0.2, 0.25) is 0 Å². The van der Waals surface area contributed by atoms with Crippen LogP contribution in [0.5, 0.6) is 0 Å². The number of rotatable bonds is 4. The summed E-state index contributed by atoms with van der Waals surface area (Å²) in [6, 6.07) is 0. The van der Waals surface area contributed by atoms with Crippen molar-refractivity contribution in [3.8, 4) is 0 Å². The van der Waals surface area contributed by atoms with Crippen molar-refractivity contribution in [2.24, 2.45) is 5.92 Å². The van der Waals surface area contributed by atoms with Crippen LogP contribution >= 0.6 is 0 Å². The maximum atomic E-state index is 8.82. The molecule has 9 heavy (non-hydrogen) atoms. The molecule has 0 rings (SSSR count). The van der Waals surface area contributed by atoms with Crippen LogP contribution in [-0.2, 0) is 0 Å².